The minimum atomic E-state index is -3.84. The first-order chi connectivity index (χ1) is 21.3. The van der Waals surface area contributed by atoms with Gasteiger partial charge >= 0.3 is 0 Å². The first kappa shape index (κ1) is 30.3. The summed E-state index contributed by atoms with van der Waals surface area (Å²) in [6.45, 7) is 4.91. The first-order valence-electron chi connectivity index (χ1n) is 14.1. The second kappa shape index (κ2) is 11.3. The number of nitrogens with one attached hydrogen (secondary N) is 2. The minimum Gasteiger partial charge on any atom is -0.377 e. The van der Waals surface area contributed by atoms with Crippen molar-refractivity contribution in [2.75, 3.05) is 16.5 Å². The molecule has 14 heteroatoms. The van der Waals surface area contributed by atoms with Gasteiger partial charge in [0.25, 0.3) is 11.5 Å². The number of benzene rings is 2. The maximum absolute atomic E-state index is 13.8. The summed E-state index contributed by atoms with van der Waals surface area (Å²) < 4.78 is 29.0. The van der Waals surface area contributed by atoms with Crippen LogP contribution in [0, 0.1) is 6.92 Å². The van der Waals surface area contributed by atoms with Crippen LogP contribution in [0.25, 0.3) is 22.2 Å². The van der Waals surface area contributed by atoms with Crippen molar-refractivity contribution in [3.05, 3.63) is 98.4 Å². The van der Waals surface area contributed by atoms with Crippen LogP contribution in [0.1, 0.15) is 45.7 Å². The van der Waals surface area contributed by atoms with E-state index in [0.29, 0.717) is 29.9 Å². The van der Waals surface area contributed by atoms with Crippen molar-refractivity contribution in [2.45, 2.75) is 33.0 Å². The van der Waals surface area contributed by atoms with Gasteiger partial charge in [-0.25, -0.2) is 28.1 Å². The van der Waals surface area contributed by atoms with Crippen LogP contribution < -0.4 is 20.5 Å². The van der Waals surface area contributed by atoms with E-state index in [1.807, 2.05) is 54.6 Å². The fraction of sp³-hybridized carbons (Fsp3) is 0.258. The molecule has 3 aromatic heterocycles. The Balaban J connectivity index is 1.40. The number of carbonyl (C=O) groups excluding carboxylic acids is 1. The van der Waals surface area contributed by atoms with E-state index in [2.05, 4.69) is 32.3 Å². The predicted molar refractivity (Wildman–Crippen MR) is 174 cm³/mol. The highest BCUT2D eigenvalue weighted by molar-refractivity contribution is 7.89. The number of rotatable bonds is 7. The fourth-order valence-corrected chi connectivity index (χ4v) is 6.41. The third-order valence-corrected chi connectivity index (χ3v) is 8.65. The highest BCUT2D eigenvalue weighted by Gasteiger charge is 2.27. The number of pyridine rings is 1. The Morgan fingerprint density at radius 1 is 1.09 bits per heavy atom. The van der Waals surface area contributed by atoms with Gasteiger partial charge in [0.2, 0.25) is 16.0 Å². The van der Waals surface area contributed by atoms with Crippen LogP contribution in [-0.4, -0.2) is 44.7 Å². The van der Waals surface area contributed by atoms with Gasteiger partial charge in [-0.1, -0.05) is 35.9 Å². The Morgan fingerprint density at radius 2 is 1.87 bits per heavy atom. The number of nitrogens with zero attached hydrogens (tertiary/aromatic N) is 6. The number of carbonyl (C=O) groups is 1. The molecule has 2 aromatic carbocycles. The number of hydrogen-bond donors (Lipinski definition) is 2. The van der Waals surface area contributed by atoms with Crippen molar-refractivity contribution < 1.29 is 13.2 Å². The van der Waals surface area contributed by atoms with Crippen LogP contribution in [0.3, 0.4) is 0 Å². The van der Waals surface area contributed by atoms with Gasteiger partial charge in [-0.15, -0.1) is 0 Å². The van der Waals surface area contributed by atoms with E-state index in [1.54, 1.807) is 24.0 Å². The Morgan fingerprint density at radius 3 is 2.58 bits per heavy atom. The molecule has 6 rings (SSSR count). The largest absolute Gasteiger partial charge is 0.377 e. The molecule has 12 nitrogen and oxygen atoms in total. The van der Waals surface area contributed by atoms with Gasteiger partial charge in [0, 0.05) is 38.3 Å². The second-order valence-corrected chi connectivity index (χ2v) is 13.5. The summed E-state index contributed by atoms with van der Waals surface area (Å²) in [5.74, 6) is -0.393. The number of sulfonamides is 1. The smallest absolute Gasteiger partial charge is 0.285 e. The van der Waals surface area contributed by atoms with Crippen molar-refractivity contribution in [3.8, 4) is 11.3 Å². The molecule has 45 heavy (non-hydrogen) atoms. The number of fused-ring (bicyclic) bond motifs is 2. The molecule has 1 amide bonds. The lowest BCUT2D eigenvalue weighted by Crippen LogP contribution is -2.31. The molecule has 2 N–H and O–H groups in total. The molecule has 0 bridgehead atoms. The third kappa shape index (κ3) is 5.76. The monoisotopic (exact) mass is 646 g/mol. The molecular formula is C31H31ClN8O4S. The Hall–Kier alpha value is -4.75. The van der Waals surface area contributed by atoms with Gasteiger partial charge in [-0.05, 0) is 48.7 Å². The number of aryl methyl sites for hydroxylation is 2. The molecule has 4 heterocycles. The van der Waals surface area contributed by atoms with Crippen LogP contribution in [-0.2, 0) is 37.2 Å². The summed E-state index contributed by atoms with van der Waals surface area (Å²) in [7, 11) is -0.154. The van der Waals surface area contributed by atoms with E-state index >= 15 is 0 Å². The maximum Gasteiger partial charge on any atom is 0.285 e. The maximum atomic E-state index is 13.8. The zero-order chi connectivity index (χ0) is 32.2. The van der Waals surface area contributed by atoms with Crippen molar-refractivity contribution >= 4 is 50.1 Å². The van der Waals surface area contributed by atoms with E-state index in [9.17, 15) is 18.0 Å². The van der Waals surface area contributed by atoms with Crippen LogP contribution in [0.5, 0.6) is 0 Å². The van der Waals surface area contributed by atoms with Crippen LogP contribution in [0.4, 0.5) is 11.6 Å². The number of halogens is 1. The first-order valence-corrected chi connectivity index (χ1v) is 16.4. The van der Waals surface area contributed by atoms with E-state index < -0.39 is 22.0 Å². The molecule has 0 saturated heterocycles. The molecule has 0 unspecified atom stereocenters. The normalized spacial score (nSPS) is 13.6. The molecule has 0 spiro atoms. The van der Waals surface area contributed by atoms with Gasteiger partial charge in [-0.2, -0.15) is 0 Å². The molecule has 0 aliphatic carbocycles. The molecule has 0 saturated carbocycles. The lowest BCUT2D eigenvalue weighted by molar-refractivity contribution is 0.0977. The van der Waals surface area contributed by atoms with Gasteiger partial charge in [-0.3, -0.25) is 14.2 Å². The van der Waals surface area contributed by atoms with Crippen molar-refractivity contribution in [2.24, 2.45) is 14.1 Å². The van der Waals surface area contributed by atoms with E-state index in [1.165, 1.54) is 6.07 Å². The average molecular weight is 647 g/mol. The van der Waals surface area contributed by atoms with Crippen molar-refractivity contribution in [1.82, 2.24) is 28.8 Å². The lowest BCUT2D eigenvalue weighted by Gasteiger charge is -2.23. The van der Waals surface area contributed by atoms with Crippen molar-refractivity contribution in [1.29, 1.82) is 0 Å². The summed E-state index contributed by atoms with van der Waals surface area (Å²) in [6.07, 6.45) is 4.50. The molecular weight excluding hydrogens is 616 g/mol. The molecule has 1 aliphatic heterocycles. The Bertz CT molecular complexity index is 2180. The molecule has 0 fully saturated rings. The summed E-state index contributed by atoms with van der Waals surface area (Å²) in [5.41, 5.74) is 6.40. The van der Waals surface area contributed by atoms with Gasteiger partial charge in [0.15, 0.2) is 5.69 Å². The standard InChI is InChI=1S/C31H31ClN8O4S/c1-17-11-21(18(2)34-24-9-10-26(32)35-28(24)29(41)37-45(5,43)44)27-22(12-17)30(42)39(4)31(36-27)40-14-19-7-6-8-20(23(19)15-40)25-13-33-16-38(25)3/h6-13,16,18,34H,14-15H2,1-5H3,(H,37,41)/t18-/m1/s1. The predicted octanol–water partition coefficient (Wildman–Crippen LogP) is 4.07. The van der Waals surface area contributed by atoms with Crippen LogP contribution in [0.2, 0.25) is 5.15 Å². The molecule has 1 atom stereocenters. The topological polar surface area (TPSA) is 144 Å². The quantitative estimate of drug-likeness (QED) is 0.250. The highest BCUT2D eigenvalue weighted by atomic mass is 35.5. The zero-order valence-electron chi connectivity index (χ0n) is 25.3. The van der Waals surface area contributed by atoms with Gasteiger partial charge < -0.3 is 14.8 Å². The van der Waals surface area contributed by atoms with E-state index in [0.717, 1.165) is 39.8 Å². The summed E-state index contributed by atoms with van der Waals surface area (Å²) in [4.78, 5) is 42.1. The molecule has 232 valence electrons. The van der Waals surface area contributed by atoms with E-state index in [4.69, 9.17) is 16.6 Å². The molecule has 5 aromatic rings. The zero-order valence-corrected chi connectivity index (χ0v) is 26.9. The number of imidazole rings is 1. The second-order valence-electron chi connectivity index (χ2n) is 11.3. The number of hydrogen-bond acceptors (Lipinski definition) is 9. The molecule has 1 aliphatic rings. The number of aromatic nitrogens is 5. The summed E-state index contributed by atoms with van der Waals surface area (Å²) in [5, 5.41) is 3.75. The van der Waals surface area contributed by atoms with Gasteiger partial charge in [0.05, 0.1) is 47.1 Å². The van der Waals surface area contributed by atoms with Crippen LogP contribution in [0.15, 0.2) is 59.8 Å². The van der Waals surface area contributed by atoms with Gasteiger partial charge in [0.1, 0.15) is 5.15 Å². The number of anilines is 2. The lowest BCUT2D eigenvalue weighted by atomic mass is 10.0. The SMILES string of the molecule is Cc1cc([C@@H](C)Nc2ccc(Cl)nc2C(=O)NS(C)(=O)=O)c2nc(N3Cc4cccc(-c5cncn5C)c4C3)n(C)c(=O)c2c1. The van der Waals surface area contributed by atoms with Crippen molar-refractivity contribution in [3.63, 3.8) is 0 Å². The third-order valence-electron chi connectivity index (χ3n) is 7.88. The Kier molecular flexibility index (Phi) is 7.61. The Labute approximate surface area is 264 Å². The minimum absolute atomic E-state index is 0.0285. The summed E-state index contributed by atoms with van der Waals surface area (Å²) in [6, 6.07) is 12.5. The van der Waals surface area contributed by atoms with Crippen LogP contribution >= 0.6 is 11.6 Å². The highest BCUT2D eigenvalue weighted by Crippen LogP contribution is 2.35. The van der Waals surface area contributed by atoms with E-state index in [-0.39, 0.29) is 22.1 Å². The number of amides is 1. The molecule has 0 radical (unpaired) electrons. The summed E-state index contributed by atoms with van der Waals surface area (Å²) >= 11 is 6.05. The average Bonchev–Trinajstić information content (AvgIpc) is 3.60. The fourth-order valence-electron chi connectivity index (χ4n) is 5.83.